The number of hydrogen-bond acceptors (Lipinski definition) is 2. The zero-order chi connectivity index (χ0) is 14.2. The molecule has 110 valence electrons. The van der Waals surface area contributed by atoms with Crippen LogP contribution in [0.15, 0.2) is 24.3 Å². The molecule has 1 aromatic carbocycles. The SMILES string of the molecule is CC[C@@]1(O)CCC[C@@H]2CN(Cc3cccc(C)c3)C[C@@H]21. The van der Waals surface area contributed by atoms with Gasteiger partial charge in [0.15, 0.2) is 0 Å². The Morgan fingerprint density at radius 3 is 2.95 bits per heavy atom. The number of nitrogens with zero attached hydrogens (tertiary/aromatic N) is 1. The first-order chi connectivity index (χ1) is 9.60. The van der Waals surface area contributed by atoms with Gasteiger partial charge in [0.05, 0.1) is 5.60 Å². The summed E-state index contributed by atoms with van der Waals surface area (Å²) in [4.78, 5) is 2.55. The fourth-order valence-corrected chi connectivity index (χ4v) is 4.35. The summed E-state index contributed by atoms with van der Waals surface area (Å²) in [6, 6.07) is 8.81. The van der Waals surface area contributed by atoms with Crippen molar-refractivity contribution in [2.75, 3.05) is 13.1 Å². The quantitative estimate of drug-likeness (QED) is 0.912. The Bertz CT molecular complexity index is 472. The van der Waals surface area contributed by atoms with E-state index in [1.165, 1.54) is 30.5 Å². The largest absolute Gasteiger partial charge is 0.390 e. The molecule has 0 radical (unpaired) electrons. The van der Waals surface area contributed by atoms with E-state index in [1.807, 2.05) is 0 Å². The first-order valence-electron chi connectivity index (χ1n) is 8.11. The third-order valence-corrected chi connectivity index (χ3v) is 5.49. The molecule has 20 heavy (non-hydrogen) atoms. The molecule has 2 fully saturated rings. The molecule has 1 saturated heterocycles. The summed E-state index contributed by atoms with van der Waals surface area (Å²) in [6.45, 7) is 7.58. The van der Waals surface area contributed by atoms with Crippen LogP contribution in [0.4, 0.5) is 0 Å². The van der Waals surface area contributed by atoms with Crippen molar-refractivity contribution in [1.82, 2.24) is 4.90 Å². The first-order valence-corrected chi connectivity index (χ1v) is 8.11. The molecule has 2 heteroatoms. The van der Waals surface area contributed by atoms with Crippen molar-refractivity contribution in [1.29, 1.82) is 0 Å². The van der Waals surface area contributed by atoms with Gasteiger partial charge in [0, 0.05) is 25.6 Å². The number of aryl methyl sites for hydroxylation is 1. The van der Waals surface area contributed by atoms with Crippen molar-refractivity contribution in [2.24, 2.45) is 11.8 Å². The lowest BCUT2D eigenvalue weighted by molar-refractivity contribution is -0.0613. The summed E-state index contributed by atoms with van der Waals surface area (Å²) >= 11 is 0. The number of hydrogen-bond donors (Lipinski definition) is 1. The van der Waals surface area contributed by atoms with Crippen LogP contribution in [0, 0.1) is 18.8 Å². The fraction of sp³-hybridized carbons (Fsp3) is 0.667. The molecule has 0 aromatic heterocycles. The summed E-state index contributed by atoms with van der Waals surface area (Å²) in [5, 5.41) is 10.9. The van der Waals surface area contributed by atoms with Crippen molar-refractivity contribution < 1.29 is 5.11 Å². The first kappa shape index (κ1) is 14.1. The highest BCUT2D eigenvalue weighted by atomic mass is 16.3. The molecule has 1 aliphatic carbocycles. The molecule has 3 rings (SSSR count). The van der Waals surface area contributed by atoms with Gasteiger partial charge >= 0.3 is 0 Å². The van der Waals surface area contributed by atoms with Gasteiger partial charge < -0.3 is 5.11 Å². The van der Waals surface area contributed by atoms with Crippen molar-refractivity contribution in [3.63, 3.8) is 0 Å². The summed E-state index contributed by atoms with van der Waals surface area (Å²) in [6.07, 6.45) is 4.41. The van der Waals surface area contributed by atoms with Crippen LogP contribution in [-0.2, 0) is 6.54 Å². The molecular formula is C18H27NO. The Labute approximate surface area is 122 Å². The number of rotatable bonds is 3. The zero-order valence-corrected chi connectivity index (χ0v) is 12.8. The Morgan fingerprint density at radius 1 is 1.35 bits per heavy atom. The van der Waals surface area contributed by atoms with E-state index in [9.17, 15) is 5.11 Å². The summed E-state index contributed by atoms with van der Waals surface area (Å²) in [7, 11) is 0. The van der Waals surface area contributed by atoms with Crippen LogP contribution in [0.3, 0.4) is 0 Å². The standard InChI is InChI=1S/C18H27NO/c1-3-18(20)9-5-8-16-12-19(13-17(16)18)11-15-7-4-6-14(2)10-15/h4,6-7,10,16-17,20H,3,5,8-9,11-13H2,1-2H3/t16-,17+,18-/m1/s1. The molecule has 1 heterocycles. The minimum Gasteiger partial charge on any atom is -0.390 e. The molecule has 1 saturated carbocycles. The molecule has 2 aliphatic rings. The topological polar surface area (TPSA) is 23.5 Å². The molecule has 2 nitrogen and oxygen atoms in total. The van der Waals surface area contributed by atoms with Gasteiger partial charge in [-0.1, -0.05) is 43.2 Å². The summed E-state index contributed by atoms with van der Waals surface area (Å²) in [5.41, 5.74) is 2.34. The highest BCUT2D eigenvalue weighted by Gasteiger charge is 2.47. The fourth-order valence-electron chi connectivity index (χ4n) is 4.35. The Morgan fingerprint density at radius 2 is 2.20 bits per heavy atom. The lowest BCUT2D eigenvalue weighted by atomic mass is 9.69. The van der Waals surface area contributed by atoms with Crippen LogP contribution < -0.4 is 0 Å². The van der Waals surface area contributed by atoms with Gasteiger partial charge in [-0.05, 0) is 37.7 Å². The number of likely N-dealkylation sites (tertiary alicyclic amines) is 1. The number of aliphatic hydroxyl groups is 1. The van der Waals surface area contributed by atoms with E-state index in [0.717, 1.165) is 25.9 Å². The van der Waals surface area contributed by atoms with Gasteiger partial charge in [-0.15, -0.1) is 0 Å². The normalized spacial score (nSPS) is 34.1. The maximum atomic E-state index is 10.9. The maximum Gasteiger partial charge on any atom is 0.0688 e. The van der Waals surface area contributed by atoms with E-state index in [2.05, 4.69) is 43.0 Å². The maximum absolute atomic E-state index is 10.9. The minimum absolute atomic E-state index is 0.399. The predicted molar refractivity (Wildman–Crippen MR) is 82.5 cm³/mol. The highest BCUT2D eigenvalue weighted by molar-refractivity contribution is 5.22. The monoisotopic (exact) mass is 273 g/mol. The second kappa shape index (κ2) is 5.50. The molecule has 1 N–H and O–H groups in total. The van der Waals surface area contributed by atoms with E-state index in [1.54, 1.807) is 0 Å². The van der Waals surface area contributed by atoms with Gasteiger partial charge in [0.25, 0.3) is 0 Å². The van der Waals surface area contributed by atoms with Gasteiger partial charge in [-0.25, -0.2) is 0 Å². The van der Waals surface area contributed by atoms with Gasteiger partial charge in [-0.3, -0.25) is 4.90 Å². The minimum atomic E-state index is -0.399. The Kier molecular flexibility index (Phi) is 3.87. The number of benzene rings is 1. The molecule has 0 bridgehead atoms. The lowest BCUT2D eigenvalue weighted by Crippen LogP contribution is -2.44. The third kappa shape index (κ3) is 2.64. The second-order valence-electron chi connectivity index (χ2n) is 6.90. The third-order valence-electron chi connectivity index (χ3n) is 5.49. The van der Waals surface area contributed by atoms with E-state index < -0.39 is 5.60 Å². The van der Waals surface area contributed by atoms with E-state index >= 15 is 0 Å². The van der Waals surface area contributed by atoms with Crippen LogP contribution in [0.1, 0.15) is 43.7 Å². The van der Waals surface area contributed by atoms with Gasteiger partial charge in [-0.2, -0.15) is 0 Å². The molecule has 0 spiro atoms. The molecular weight excluding hydrogens is 246 g/mol. The molecule has 0 amide bonds. The average molecular weight is 273 g/mol. The molecule has 1 aliphatic heterocycles. The predicted octanol–water partition coefficient (Wildman–Crippen LogP) is 3.37. The molecule has 0 unspecified atom stereocenters. The van der Waals surface area contributed by atoms with Crippen molar-refractivity contribution >= 4 is 0 Å². The van der Waals surface area contributed by atoms with Crippen LogP contribution in [-0.4, -0.2) is 28.7 Å². The van der Waals surface area contributed by atoms with Crippen LogP contribution in [0.25, 0.3) is 0 Å². The average Bonchev–Trinajstić information content (AvgIpc) is 2.83. The van der Waals surface area contributed by atoms with Crippen molar-refractivity contribution in [2.45, 2.75) is 51.7 Å². The van der Waals surface area contributed by atoms with E-state index in [-0.39, 0.29) is 0 Å². The molecule has 3 atom stereocenters. The number of fused-ring (bicyclic) bond motifs is 1. The van der Waals surface area contributed by atoms with E-state index in [4.69, 9.17) is 0 Å². The van der Waals surface area contributed by atoms with Crippen LogP contribution in [0.2, 0.25) is 0 Å². The Hall–Kier alpha value is -0.860. The highest BCUT2D eigenvalue weighted by Crippen LogP contribution is 2.44. The van der Waals surface area contributed by atoms with Gasteiger partial charge in [0.1, 0.15) is 0 Å². The Balaban J connectivity index is 1.69. The van der Waals surface area contributed by atoms with Crippen LogP contribution >= 0.6 is 0 Å². The smallest absolute Gasteiger partial charge is 0.0688 e. The summed E-state index contributed by atoms with van der Waals surface area (Å²) in [5.74, 6) is 1.20. The van der Waals surface area contributed by atoms with Gasteiger partial charge in [0.2, 0.25) is 0 Å². The lowest BCUT2D eigenvalue weighted by Gasteiger charge is -2.40. The van der Waals surface area contributed by atoms with E-state index in [0.29, 0.717) is 11.8 Å². The second-order valence-corrected chi connectivity index (χ2v) is 6.90. The van der Waals surface area contributed by atoms with Crippen molar-refractivity contribution in [3.05, 3.63) is 35.4 Å². The van der Waals surface area contributed by atoms with Crippen LogP contribution in [0.5, 0.6) is 0 Å². The van der Waals surface area contributed by atoms with Crippen molar-refractivity contribution in [3.8, 4) is 0 Å². The molecule has 1 aromatic rings. The summed E-state index contributed by atoms with van der Waals surface area (Å²) < 4.78 is 0. The zero-order valence-electron chi connectivity index (χ0n) is 12.8.